The van der Waals surface area contributed by atoms with Crippen molar-refractivity contribution in [3.8, 4) is 0 Å². The van der Waals surface area contributed by atoms with Crippen LogP contribution in [0.2, 0.25) is 0 Å². The molecule has 1 aromatic carbocycles. The van der Waals surface area contributed by atoms with E-state index in [9.17, 15) is 35.9 Å². The largest absolute Gasteiger partial charge is 0.459 e. The molecule has 0 aliphatic heterocycles. The minimum atomic E-state index is -5.16. The van der Waals surface area contributed by atoms with Crippen molar-refractivity contribution in [2.75, 3.05) is 0 Å². The highest BCUT2D eigenvalue weighted by Crippen LogP contribution is 2.22. The standard InChI is InChI=1S/C14H12F6O6/c15-13(16,17)9(21)11(23)25-5-7-1-2-8(4-3-7)6-26-12(24)10(22)14(18,19)20/h1-4,9-10,21-22H,5-6H2/t9-,10-/m0/s1. The zero-order chi connectivity index (χ0) is 20.1. The predicted molar refractivity (Wildman–Crippen MR) is 70.2 cm³/mol. The van der Waals surface area contributed by atoms with E-state index in [-0.39, 0.29) is 11.1 Å². The van der Waals surface area contributed by atoms with E-state index in [1.807, 2.05) is 0 Å². The van der Waals surface area contributed by atoms with E-state index in [4.69, 9.17) is 10.2 Å². The van der Waals surface area contributed by atoms with E-state index in [2.05, 4.69) is 9.47 Å². The van der Waals surface area contributed by atoms with Gasteiger partial charge in [0.05, 0.1) is 0 Å². The van der Waals surface area contributed by atoms with Crippen molar-refractivity contribution in [3.05, 3.63) is 35.4 Å². The molecule has 146 valence electrons. The first kappa shape index (κ1) is 21.7. The number of rotatable bonds is 6. The summed E-state index contributed by atoms with van der Waals surface area (Å²) in [4.78, 5) is 22.0. The van der Waals surface area contributed by atoms with Crippen molar-refractivity contribution in [2.24, 2.45) is 0 Å². The second-order valence-corrected chi connectivity index (χ2v) is 4.92. The van der Waals surface area contributed by atoms with Crippen LogP contribution in [0.5, 0.6) is 0 Å². The second-order valence-electron chi connectivity index (χ2n) is 4.92. The fourth-order valence-electron chi connectivity index (χ4n) is 1.47. The minimum absolute atomic E-state index is 0.207. The van der Waals surface area contributed by atoms with Crippen molar-refractivity contribution in [3.63, 3.8) is 0 Å². The zero-order valence-electron chi connectivity index (χ0n) is 12.7. The van der Waals surface area contributed by atoms with Crippen LogP contribution in [0.3, 0.4) is 0 Å². The molecule has 0 aliphatic carbocycles. The highest BCUT2D eigenvalue weighted by Gasteiger charge is 2.45. The Bertz CT molecular complexity index is 569. The van der Waals surface area contributed by atoms with E-state index < -0.39 is 49.7 Å². The van der Waals surface area contributed by atoms with E-state index in [0.29, 0.717) is 0 Å². The van der Waals surface area contributed by atoms with Crippen LogP contribution in [0.4, 0.5) is 26.3 Å². The molecule has 0 fully saturated rings. The molecule has 1 aromatic rings. The molecule has 0 bridgehead atoms. The van der Waals surface area contributed by atoms with Crippen molar-refractivity contribution >= 4 is 11.9 Å². The molecule has 1 rings (SSSR count). The first-order chi connectivity index (χ1) is 11.8. The third kappa shape index (κ3) is 6.52. The number of esters is 2. The van der Waals surface area contributed by atoms with Crippen molar-refractivity contribution < 1.29 is 55.6 Å². The molecule has 0 saturated carbocycles. The van der Waals surface area contributed by atoms with Gasteiger partial charge in [0.2, 0.25) is 12.2 Å². The summed E-state index contributed by atoms with van der Waals surface area (Å²) >= 11 is 0. The fourth-order valence-corrected chi connectivity index (χ4v) is 1.47. The van der Waals surface area contributed by atoms with E-state index in [1.54, 1.807) is 0 Å². The number of hydrogen-bond donors (Lipinski definition) is 2. The van der Waals surface area contributed by atoms with Gasteiger partial charge in [-0.2, -0.15) is 26.3 Å². The number of benzene rings is 1. The molecule has 0 amide bonds. The lowest BCUT2D eigenvalue weighted by atomic mass is 10.1. The van der Waals surface area contributed by atoms with Crippen LogP contribution in [0, 0.1) is 0 Å². The maximum atomic E-state index is 12.1. The maximum absolute atomic E-state index is 12.1. The Kier molecular flexibility index (Phi) is 6.98. The van der Waals surface area contributed by atoms with Gasteiger partial charge >= 0.3 is 24.3 Å². The highest BCUT2D eigenvalue weighted by molar-refractivity contribution is 5.75. The molecular formula is C14H12F6O6. The van der Waals surface area contributed by atoms with Crippen molar-refractivity contribution in [1.82, 2.24) is 0 Å². The van der Waals surface area contributed by atoms with Gasteiger partial charge in [0.15, 0.2) is 0 Å². The van der Waals surface area contributed by atoms with Gasteiger partial charge in [-0.3, -0.25) is 0 Å². The van der Waals surface area contributed by atoms with Gasteiger partial charge in [-0.05, 0) is 11.1 Å². The summed E-state index contributed by atoms with van der Waals surface area (Å²) in [6.45, 7) is -1.20. The van der Waals surface area contributed by atoms with Crippen LogP contribution >= 0.6 is 0 Å². The van der Waals surface area contributed by atoms with E-state index in [0.717, 1.165) is 0 Å². The molecule has 12 heteroatoms. The Morgan fingerprint density at radius 2 is 1.04 bits per heavy atom. The third-order valence-corrected chi connectivity index (χ3v) is 2.85. The topological polar surface area (TPSA) is 93.1 Å². The summed E-state index contributed by atoms with van der Waals surface area (Å²) in [6.07, 6.45) is -16.9. The molecular weight excluding hydrogens is 378 g/mol. The van der Waals surface area contributed by atoms with Gasteiger partial charge < -0.3 is 19.7 Å². The summed E-state index contributed by atoms with van der Waals surface area (Å²) in [5, 5.41) is 17.3. The van der Waals surface area contributed by atoms with Crippen molar-refractivity contribution in [1.29, 1.82) is 0 Å². The quantitative estimate of drug-likeness (QED) is 0.567. The smallest absolute Gasteiger partial charge is 0.425 e. The van der Waals surface area contributed by atoms with Gasteiger partial charge in [0.1, 0.15) is 13.2 Å². The number of ether oxygens (including phenoxy) is 2. The van der Waals surface area contributed by atoms with Gasteiger partial charge in [0, 0.05) is 0 Å². The number of carbonyl (C=O) groups is 2. The Morgan fingerprint density at radius 3 is 1.27 bits per heavy atom. The minimum Gasteiger partial charge on any atom is -0.459 e. The van der Waals surface area contributed by atoms with Crippen LogP contribution in [0.25, 0.3) is 0 Å². The predicted octanol–water partition coefficient (Wildman–Crippen LogP) is 1.62. The lowest BCUT2D eigenvalue weighted by molar-refractivity contribution is -0.219. The Balaban J connectivity index is 2.52. The number of hydrogen-bond acceptors (Lipinski definition) is 6. The van der Waals surface area contributed by atoms with Gasteiger partial charge in [0.25, 0.3) is 0 Å². The van der Waals surface area contributed by atoms with E-state index in [1.165, 1.54) is 24.3 Å². The van der Waals surface area contributed by atoms with Crippen molar-refractivity contribution in [2.45, 2.75) is 37.8 Å². The van der Waals surface area contributed by atoms with Crippen LogP contribution < -0.4 is 0 Å². The van der Waals surface area contributed by atoms with Crippen LogP contribution in [0.1, 0.15) is 11.1 Å². The SMILES string of the molecule is O=C(OCc1ccc(COC(=O)[C@H](O)C(F)(F)F)cc1)[C@H](O)C(F)(F)F. The molecule has 2 atom stereocenters. The first-order valence-electron chi connectivity index (χ1n) is 6.73. The molecule has 0 radical (unpaired) electrons. The van der Waals surface area contributed by atoms with Crippen LogP contribution in [0.15, 0.2) is 24.3 Å². The number of aliphatic hydroxyl groups is 2. The summed E-state index contributed by atoms with van der Waals surface area (Å²) in [6, 6.07) is 4.99. The van der Waals surface area contributed by atoms with Gasteiger partial charge in [-0.1, -0.05) is 24.3 Å². The molecule has 0 heterocycles. The average molecular weight is 390 g/mol. The number of halogens is 6. The number of carbonyl (C=O) groups excluding carboxylic acids is 2. The third-order valence-electron chi connectivity index (χ3n) is 2.85. The second kappa shape index (κ2) is 8.36. The molecule has 0 saturated heterocycles. The molecule has 2 N–H and O–H groups in total. The first-order valence-corrected chi connectivity index (χ1v) is 6.73. The summed E-state index contributed by atoms with van der Waals surface area (Å²) in [7, 11) is 0. The molecule has 26 heavy (non-hydrogen) atoms. The Morgan fingerprint density at radius 1 is 0.769 bits per heavy atom. The normalized spacial score (nSPS) is 14.5. The summed E-state index contributed by atoms with van der Waals surface area (Å²) < 4.78 is 81.0. The number of aliphatic hydroxyl groups excluding tert-OH is 2. The Labute approximate surface area is 141 Å². The molecule has 0 spiro atoms. The van der Waals surface area contributed by atoms with Gasteiger partial charge in [-0.25, -0.2) is 9.59 Å². The van der Waals surface area contributed by atoms with Crippen LogP contribution in [-0.2, 0) is 32.3 Å². The summed E-state index contributed by atoms with van der Waals surface area (Å²) in [5.74, 6) is -3.78. The van der Waals surface area contributed by atoms with Crippen LogP contribution in [-0.4, -0.2) is 46.7 Å². The average Bonchev–Trinajstić information content (AvgIpc) is 2.55. The monoisotopic (exact) mass is 390 g/mol. The highest BCUT2D eigenvalue weighted by atomic mass is 19.4. The number of alkyl halides is 6. The molecule has 0 aromatic heterocycles. The lowest BCUT2D eigenvalue weighted by Crippen LogP contribution is -2.37. The summed E-state index contributed by atoms with van der Waals surface area (Å²) in [5.41, 5.74) is 0.413. The molecule has 0 unspecified atom stereocenters. The maximum Gasteiger partial charge on any atom is 0.425 e. The zero-order valence-corrected chi connectivity index (χ0v) is 12.7. The lowest BCUT2D eigenvalue weighted by Gasteiger charge is -2.14. The fraction of sp³-hybridized carbons (Fsp3) is 0.429. The molecule has 0 aliphatic rings. The van der Waals surface area contributed by atoms with Gasteiger partial charge in [-0.15, -0.1) is 0 Å². The van der Waals surface area contributed by atoms with E-state index >= 15 is 0 Å². The molecule has 6 nitrogen and oxygen atoms in total. The Hall–Kier alpha value is -2.34.